The summed E-state index contributed by atoms with van der Waals surface area (Å²) in [7, 11) is 0. The van der Waals surface area contributed by atoms with Crippen LogP contribution in [-0.2, 0) is 4.79 Å². The van der Waals surface area contributed by atoms with Gasteiger partial charge < -0.3 is 10.8 Å². The van der Waals surface area contributed by atoms with Crippen molar-refractivity contribution in [3.8, 4) is 0 Å². The molecular weight excluding hydrogens is 157 g/mol. The molecule has 0 radical (unpaired) electrons. The molecule has 0 aromatic heterocycles. The summed E-state index contributed by atoms with van der Waals surface area (Å²) in [4.78, 5) is 10.4. The predicted molar refractivity (Wildman–Crippen MR) is 40.2 cm³/mol. The molecule has 0 aromatic carbocycles. The summed E-state index contributed by atoms with van der Waals surface area (Å²) in [5.41, 5.74) is 4.61. The molecule has 3 nitrogen and oxygen atoms in total. The molecule has 4 heteroatoms. The van der Waals surface area contributed by atoms with Gasteiger partial charge in [-0.25, -0.2) is 0 Å². The Morgan fingerprint density at radius 2 is 1.80 bits per heavy atom. The van der Waals surface area contributed by atoms with E-state index in [2.05, 4.69) is 0 Å². The third kappa shape index (κ3) is 2.29. The molecule has 54 valence electrons. The van der Waals surface area contributed by atoms with E-state index in [4.69, 9.17) is 10.8 Å². The van der Waals surface area contributed by atoms with E-state index in [1.54, 1.807) is 0 Å². The van der Waals surface area contributed by atoms with Crippen molar-refractivity contribution in [2.45, 2.75) is 31.2 Å². The van der Waals surface area contributed by atoms with Gasteiger partial charge in [0.05, 0.1) is 0 Å². The third-order valence-corrected chi connectivity index (χ3v) is 1.92. The molecule has 0 saturated heterocycles. The van der Waals surface area contributed by atoms with E-state index < -0.39 is 11.5 Å². The molecule has 0 bridgehead atoms. The molecule has 0 aromatic rings. The second-order valence-electron chi connectivity index (χ2n) is 2.67. The first-order valence-electron chi connectivity index (χ1n) is 3.17. The first-order chi connectivity index (χ1) is 4.15. The summed E-state index contributed by atoms with van der Waals surface area (Å²) >= 11 is 0. The molecule has 0 atom stereocenters. The fourth-order valence-electron chi connectivity index (χ4n) is 1.22. The van der Waals surface area contributed by atoms with Gasteiger partial charge in [0, 0.05) is 0 Å². The van der Waals surface area contributed by atoms with E-state index in [0.717, 1.165) is 12.8 Å². The molecule has 1 aliphatic carbocycles. The van der Waals surface area contributed by atoms with Crippen LogP contribution in [0.15, 0.2) is 0 Å². The SMILES string of the molecule is NC1(C(=O)O)CCCC1.[KH]. The number of rotatable bonds is 1. The van der Waals surface area contributed by atoms with Gasteiger partial charge in [0.25, 0.3) is 0 Å². The number of carbonyl (C=O) groups is 1. The van der Waals surface area contributed by atoms with Crippen LogP contribution in [0.5, 0.6) is 0 Å². The van der Waals surface area contributed by atoms with Crippen LogP contribution in [0.25, 0.3) is 0 Å². The maximum atomic E-state index is 10.4. The molecule has 10 heavy (non-hydrogen) atoms. The number of hydrogen-bond acceptors (Lipinski definition) is 2. The van der Waals surface area contributed by atoms with Crippen LogP contribution in [0.1, 0.15) is 25.7 Å². The number of hydrogen-bond donors (Lipinski definition) is 2. The van der Waals surface area contributed by atoms with Crippen molar-refractivity contribution >= 4 is 57.4 Å². The molecule has 0 spiro atoms. The Kier molecular flexibility index (Phi) is 4.63. The second kappa shape index (κ2) is 4.18. The zero-order valence-electron chi connectivity index (χ0n) is 5.26. The van der Waals surface area contributed by atoms with Gasteiger partial charge in [0.15, 0.2) is 0 Å². The Balaban J connectivity index is 0.000000810. The van der Waals surface area contributed by atoms with Crippen LogP contribution in [0.4, 0.5) is 0 Å². The summed E-state index contributed by atoms with van der Waals surface area (Å²) in [6.07, 6.45) is 3.20. The predicted octanol–water partition coefficient (Wildman–Crippen LogP) is -0.306. The Hall–Kier alpha value is 1.07. The quantitative estimate of drug-likeness (QED) is 0.529. The number of carboxylic acids is 1. The van der Waals surface area contributed by atoms with Gasteiger partial charge in [0.1, 0.15) is 5.54 Å². The van der Waals surface area contributed by atoms with E-state index in [1.807, 2.05) is 0 Å². The minimum absolute atomic E-state index is 0. The summed E-state index contributed by atoms with van der Waals surface area (Å²) < 4.78 is 0. The van der Waals surface area contributed by atoms with Gasteiger partial charge >= 0.3 is 57.4 Å². The molecule has 0 heterocycles. The topological polar surface area (TPSA) is 63.3 Å². The summed E-state index contributed by atoms with van der Waals surface area (Å²) in [6.45, 7) is 0. The van der Waals surface area contributed by atoms with E-state index in [-0.39, 0.29) is 51.4 Å². The molecule has 1 fully saturated rings. The first kappa shape index (κ1) is 11.1. The molecular formula is C6H12KNO2. The number of carboxylic acid groups (broad SMARTS) is 1. The standard InChI is InChI=1S/C6H11NO2.K.H/c7-6(5(8)9)3-1-2-4-6;;/h1-4,7H2,(H,8,9);;. The molecule has 0 amide bonds. The Labute approximate surface area is 103 Å². The van der Waals surface area contributed by atoms with Crippen molar-refractivity contribution < 1.29 is 9.90 Å². The Bertz CT molecular complexity index is 132. The van der Waals surface area contributed by atoms with Crippen molar-refractivity contribution in [1.29, 1.82) is 0 Å². The summed E-state index contributed by atoms with van der Waals surface area (Å²) in [5, 5.41) is 8.55. The molecule has 1 saturated carbocycles. The van der Waals surface area contributed by atoms with Crippen molar-refractivity contribution in [2.75, 3.05) is 0 Å². The van der Waals surface area contributed by atoms with Crippen LogP contribution in [0, 0.1) is 0 Å². The summed E-state index contributed by atoms with van der Waals surface area (Å²) in [6, 6.07) is 0. The van der Waals surface area contributed by atoms with Gasteiger partial charge in [-0.3, -0.25) is 4.79 Å². The summed E-state index contributed by atoms with van der Waals surface area (Å²) in [5.74, 6) is -0.847. The number of nitrogens with two attached hydrogens (primary N) is 1. The van der Waals surface area contributed by atoms with Crippen molar-refractivity contribution in [3.05, 3.63) is 0 Å². The molecule has 1 aliphatic rings. The van der Waals surface area contributed by atoms with Crippen molar-refractivity contribution in [2.24, 2.45) is 5.73 Å². The van der Waals surface area contributed by atoms with Crippen LogP contribution in [-0.4, -0.2) is 68.0 Å². The molecule has 0 aliphatic heterocycles. The van der Waals surface area contributed by atoms with Crippen LogP contribution >= 0.6 is 0 Å². The normalized spacial score (nSPS) is 21.7. The van der Waals surface area contributed by atoms with Gasteiger partial charge in [-0.05, 0) is 12.8 Å². The van der Waals surface area contributed by atoms with E-state index in [9.17, 15) is 4.79 Å². The van der Waals surface area contributed by atoms with Crippen molar-refractivity contribution in [3.63, 3.8) is 0 Å². The van der Waals surface area contributed by atoms with Crippen molar-refractivity contribution in [1.82, 2.24) is 0 Å². The van der Waals surface area contributed by atoms with Gasteiger partial charge in [-0.15, -0.1) is 0 Å². The fraction of sp³-hybridized carbons (Fsp3) is 0.833. The molecule has 1 rings (SSSR count). The van der Waals surface area contributed by atoms with Crippen LogP contribution in [0.3, 0.4) is 0 Å². The first-order valence-corrected chi connectivity index (χ1v) is 3.17. The van der Waals surface area contributed by atoms with Gasteiger partial charge in [-0.1, -0.05) is 12.8 Å². The van der Waals surface area contributed by atoms with E-state index in [1.165, 1.54) is 0 Å². The third-order valence-electron chi connectivity index (χ3n) is 1.92. The minimum atomic E-state index is -0.889. The van der Waals surface area contributed by atoms with E-state index in [0.29, 0.717) is 12.8 Å². The Morgan fingerprint density at radius 1 is 1.40 bits per heavy atom. The zero-order chi connectivity index (χ0) is 6.91. The average Bonchev–Trinajstić information content (AvgIpc) is 2.16. The van der Waals surface area contributed by atoms with E-state index >= 15 is 0 Å². The average molecular weight is 169 g/mol. The van der Waals surface area contributed by atoms with Crippen LogP contribution < -0.4 is 5.73 Å². The van der Waals surface area contributed by atoms with Gasteiger partial charge in [-0.2, -0.15) is 0 Å². The molecule has 0 unspecified atom stereocenters. The second-order valence-corrected chi connectivity index (χ2v) is 2.67. The zero-order valence-corrected chi connectivity index (χ0v) is 5.26. The monoisotopic (exact) mass is 169 g/mol. The Morgan fingerprint density at radius 3 is 2.00 bits per heavy atom. The molecule has 3 N–H and O–H groups in total. The maximum absolute atomic E-state index is 10.4. The fourth-order valence-corrected chi connectivity index (χ4v) is 1.22. The number of aliphatic carboxylic acids is 1. The van der Waals surface area contributed by atoms with Gasteiger partial charge in [0.2, 0.25) is 0 Å². The van der Waals surface area contributed by atoms with Crippen LogP contribution in [0.2, 0.25) is 0 Å².